The average molecular weight is 221 g/mol. The smallest absolute Gasteiger partial charge is 0.416 e. The number of imide groups is 1. The zero-order chi connectivity index (χ0) is 11.3. The number of hydrogen-bond donors (Lipinski definition) is 0. The third kappa shape index (κ3) is 1.22. The van der Waals surface area contributed by atoms with Gasteiger partial charge in [-0.3, -0.25) is 4.79 Å². The lowest BCUT2D eigenvalue weighted by atomic mass is 9.83. The summed E-state index contributed by atoms with van der Waals surface area (Å²) in [5, 5.41) is 0. The van der Waals surface area contributed by atoms with Crippen molar-refractivity contribution in [2.24, 2.45) is 23.7 Å². The Kier molecular flexibility index (Phi) is 2.06. The second-order valence-corrected chi connectivity index (χ2v) is 4.94. The monoisotopic (exact) mass is 221 g/mol. The van der Waals surface area contributed by atoms with Gasteiger partial charge in [-0.15, -0.1) is 0 Å². The fraction of sp³-hybridized carbons (Fsp3) is 0.667. The van der Waals surface area contributed by atoms with E-state index in [-0.39, 0.29) is 11.8 Å². The highest BCUT2D eigenvalue weighted by atomic mass is 16.6. The Morgan fingerprint density at radius 1 is 1.44 bits per heavy atom. The van der Waals surface area contributed by atoms with Gasteiger partial charge in [0.05, 0.1) is 6.54 Å². The van der Waals surface area contributed by atoms with Gasteiger partial charge >= 0.3 is 6.09 Å². The van der Waals surface area contributed by atoms with E-state index in [2.05, 4.69) is 19.1 Å². The number of ether oxygens (including phenoxy) is 1. The first-order valence-electron chi connectivity index (χ1n) is 5.85. The van der Waals surface area contributed by atoms with Crippen LogP contribution in [0.25, 0.3) is 0 Å². The molecule has 2 aliphatic carbocycles. The summed E-state index contributed by atoms with van der Waals surface area (Å²) in [7, 11) is 0. The predicted molar refractivity (Wildman–Crippen MR) is 56.5 cm³/mol. The minimum absolute atomic E-state index is 0.0133. The molecule has 0 aromatic rings. The van der Waals surface area contributed by atoms with E-state index in [0.29, 0.717) is 30.9 Å². The van der Waals surface area contributed by atoms with Crippen molar-refractivity contribution in [3.63, 3.8) is 0 Å². The lowest BCUT2D eigenvalue weighted by Gasteiger charge is -2.26. The van der Waals surface area contributed by atoms with Crippen LogP contribution in [0.15, 0.2) is 12.2 Å². The summed E-state index contributed by atoms with van der Waals surface area (Å²) in [5.74, 6) is 1.17. The highest BCUT2D eigenvalue weighted by Gasteiger charge is 2.48. The molecule has 2 fully saturated rings. The van der Waals surface area contributed by atoms with E-state index in [9.17, 15) is 9.59 Å². The van der Waals surface area contributed by atoms with Gasteiger partial charge in [0.2, 0.25) is 5.91 Å². The number of amides is 2. The molecule has 0 spiro atoms. The molecule has 2 bridgehead atoms. The summed E-state index contributed by atoms with van der Waals surface area (Å²) in [6.07, 6.45) is 4.94. The van der Waals surface area contributed by atoms with E-state index < -0.39 is 6.09 Å². The number of rotatable bonds is 1. The molecule has 0 aromatic carbocycles. The maximum atomic E-state index is 12.2. The van der Waals surface area contributed by atoms with E-state index in [1.165, 1.54) is 4.90 Å². The molecular weight excluding hydrogens is 206 g/mol. The third-order valence-electron chi connectivity index (χ3n) is 4.16. The molecule has 1 heterocycles. The number of hydrogen-bond acceptors (Lipinski definition) is 3. The molecule has 3 rings (SSSR count). The van der Waals surface area contributed by atoms with Gasteiger partial charge in [0.1, 0.15) is 6.61 Å². The number of fused-ring (bicyclic) bond motifs is 2. The van der Waals surface area contributed by atoms with Gasteiger partial charge in [0.25, 0.3) is 0 Å². The van der Waals surface area contributed by atoms with Crippen molar-refractivity contribution < 1.29 is 14.3 Å². The predicted octanol–water partition coefficient (Wildman–Crippen LogP) is 1.42. The molecule has 1 aliphatic heterocycles. The average Bonchev–Trinajstić information content (AvgIpc) is 2.92. The number of carbonyl (C=O) groups is 2. The van der Waals surface area contributed by atoms with Gasteiger partial charge in [-0.25, -0.2) is 9.69 Å². The zero-order valence-electron chi connectivity index (χ0n) is 9.26. The Labute approximate surface area is 94.2 Å². The summed E-state index contributed by atoms with van der Waals surface area (Å²) >= 11 is 0. The quantitative estimate of drug-likeness (QED) is 0.629. The maximum absolute atomic E-state index is 12.2. The third-order valence-corrected chi connectivity index (χ3v) is 4.16. The topological polar surface area (TPSA) is 46.6 Å². The Balaban J connectivity index is 1.81. The standard InChI is InChI=1S/C12H15NO3/c1-7-8-2-3-9(6-8)10(7)11(14)13-4-5-16-12(13)15/h2-3,7-10H,4-6H2,1H3/t7-,8-,9-,10+/m1/s1. The van der Waals surface area contributed by atoms with Gasteiger partial charge in [-0.2, -0.15) is 0 Å². The summed E-state index contributed by atoms with van der Waals surface area (Å²) < 4.78 is 4.81. The largest absolute Gasteiger partial charge is 0.447 e. The van der Waals surface area contributed by atoms with Crippen molar-refractivity contribution in [3.05, 3.63) is 12.2 Å². The molecule has 4 nitrogen and oxygen atoms in total. The molecule has 4 heteroatoms. The van der Waals surface area contributed by atoms with Crippen LogP contribution in [0, 0.1) is 23.7 Å². The minimum Gasteiger partial charge on any atom is -0.447 e. The lowest BCUT2D eigenvalue weighted by Crippen LogP contribution is -2.40. The highest BCUT2D eigenvalue weighted by Crippen LogP contribution is 2.48. The van der Waals surface area contributed by atoms with Crippen LogP contribution in [0.4, 0.5) is 4.79 Å². The fourth-order valence-electron chi connectivity index (χ4n) is 3.25. The first kappa shape index (κ1) is 9.87. The summed E-state index contributed by atoms with van der Waals surface area (Å²) in [4.78, 5) is 24.9. The molecule has 1 saturated heterocycles. The second-order valence-electron chi connectivity index (χ2n) is 4.94. The van der Waals surface area contributed by atoms with Crippen molar-refractivity contribution in [1.29, 1.82) is 0 Å². The summed E-state index contributed by atoms with van der Waals surface area (Å²) in [6, 6.07) is 0. The second kappa shape index (κ2) is 3.34. The van der Waals surface area contributed by atoms with E-state index >= 15 is 0 Å². The number of nitrogens with zero attached hydrogens (tertiary/aromatic N) is 1. The normalized spacial score (nSPS) is 40.6. The van der Waals surface area contributed by atoms with Gasteiger partial charge in [-0.1, -0.05) is 19.1 Å². The van der Waals surface area contributed by atoms with Gasteiger partial charge < -0.3 is 4.74 Å². The number of cyclic esters (lactones) is 1. The lowest BCUT2D eigenvalue weighted by molar-refractivity contribution is -0.134. The Morgan fingerprint density at radius 3 is 2.75 bits per heavy atom. The molecule has 2 amide bonds. The van der Waals surface area contributed by atoms with E-state index in [1.807, 2.05) is 0 Å². The van der Waals surface area contributed by atoms with E-state index in [1.54, 1.807) is 0 Å². The first-order chi connectivity index (χ1) is 7.68. The molecule has 16 heavy (non-hydrogen) atoms. The number of allylic oxidation sites excluding steroid dienone is 2. The van der Waals surface area contributed by atoms with Gasteiger partial charge in [-0.05, 0) is 24.2 Å². The van der Waals surface area contributed by atoms with Crippen LogP contribution in [0.5, 0.6) is 0 Å². The van der Waals surface area contributed by atoms with Crippen LogP contribution in [0.3, 0.4) is 0 Å². The summed E-state index contributed by atoms with van der Waals surface area (Å²) in [6.45, 7) is 2.87. The SMILES string of the molecule is C[C@H]1[C@H](C(=O)N2CCOC2=O)[C@@H]2C=C[C@@H]1C2. The van der Waals surface area contributed by atoms with Crippen molar-refractivity contribution in [2.45, 2.75) is 13.3 Å². The number of carbonyl (C=O) groups excluding carboxylic acids is 2. The van der Waals surface area contributed by atoms with Crippen LogP contribution < -0.4 is 0 Å². The van der Waals surface area contributed by atoms with Gasteiger partial charge in [0.15, 0.2) is 0 Å². The molecular formula is C12H15NO3. The van der Waals surface area contributed by atoms with Crippen LogP contribution in [-0.2, 0) is 9.53 Å². The van der Waals surface area contributed by atoms with Crippen LogP contribution in [0.1, 0.15) is 13.3 Å². The van der Waals surface area contributed by atoms with E-state index in [0.717, 1.165) is 6.42 Å². The van der Waals surface area contributed by atoms with Crippen molar-refractivity contribution in [1.82, 2.24) is 4.90 Å². The van der Waals surface area contributed by atoms with Crippen LogP contribution in [0.2, 0.25) is 0 Å². The molecule has 4 atom stereocenters. The molecule has 3 aliphatic rings. The van der Waals surface area contributed by atoms with Crippen LogP contribution >= 0.6 is 0 Å². The van der Waals surface area contributed by atoms with Crippen LogP contribution in [-0.4, -0.2) is 30.1 Å². The summed E-state index contributed by atoms with van der Waals surface area (Å²) in [5.41, 5.74) is 0. The highest BCUT2D eigenvalue weighted by molar-refractivity contribution is 5.94. The molecule has 0 unspecified atom stereocenters. The molecule has 0 radical (unpaired) electrons. The molecule has 1 saturated carbocycles. The minimum atomic E-state index is -0.469. The van der Waals surface area contributed by atoms with Crippen molar-refractivity contribution in [2.75, 3.05) is 13.2 Å². The zero-order valence-corrected chi connectivity index (χ0v) is 9.26. The Hall–Kier alpha value is -1.32. The molecule has 0 N–H and O–H groups in total. The maximum Gasteiger partial charge on any atom is 0.416 e. The fourth-order valence-corrected chi connectivity index (χ4v) is 3.25. The first-order valence-corrected chi connectivity index (χ1v) is 5.85. The van der Waals surface area contributed by atoms with Crippen molar-refractivity contribution >= 4 is 12.0 Å². The van der Waals surface area contributed by atoms with Crippen molar-refractivity contribution in [3.8, 4) is 0 Å². The molecule has 86 valence electrons. The Morgan fingerprint density at radius 2 is 2.19 bits per heavy atom. The van der Waals surface area contributed by atoms with Gasteiger partial charge in [0, 0.05) is 5.92 Å². The molecule has 0 aromatic heterocycles. The Bertz CT molecular complexity index is 376. The van der Waals surface area contributed by atoms with E-state index in [4.69, 9.17) is 4.74 Å².